The van der Waals surface area contributed by atoms with Crippen LogP contribution in [0, 0.1) is 0 Å². The van der Waals surface area contributed by atoms with Crippen LogP contribution in [0.4, 0.5) is 0 Å². The highest BCUT2D eigenvalue weighted by Crippen LogP contribution is 2.36. The van der Waals surface area contributed by atoms with Crippen molar-refractivity contribution in [2.24, 2.45) is 0 Å². The molecule has 0 atom stereocenters. The predicted octanol–water partition coefficient (Wildman–Crippen LogP) is 6.82. The maximum absolute atomic E-state index is 6.44. The summed E-state index contributed by atoms with van der Waals surface area (Å²) in [5.74, 6) is 0. The zero-order valence-electron chi connectivity index (χ0n) is 18.4. The number of rotatable bonds is 4. The van der Waals surface area contributed by atoms with Crippen molar-refractivity contribution in [3.05, 3.63) is 133 Å². The molecular weight excluding hydrogens is 399 g/mol. The van der Waals surface area contributed by atoms with Gasteiger partial charge >= 0.3 is 0 Å². The van der Waals surface area contributed by atoms with Crippen molar-refractivity contribution >= 4 is 40.0 Å². The van der Waals surface area contributed by atoms with Gasteiger partial charge in [-0.2, -0.15) is 0 Å². The molecular formula is C31H23BO. The summed E-state index contributed by atoms with van der Waals surface area (Å²) in [5, 5.41) is 1.18. The van der Waals surface area contributed by atoms with Crippen LogP contribution in [-0.2, 0) is 0 Å². The number of furan rings is 1. The Morgan fingerprint density at radius 1 is 0.727 bits per heavy atom. The molecule has 0 amide bonds. The average molecular weight is 422 g/mol. The van der Waals surface area contributed by atoms with Crippen molar-refractivity contribution < 1.29 is 4.42 Å². The van der Waals surface area contributed by atoms with E-state index in [1.807, 2.05) is 12.1 Å². The molecule has 0 spiro atoms. The first kappa shape index (κ1) is 19.6. The molecule has 6 rings (SSSR count). The zero-order valence-corrected chi connectivity index (χ0v) is 18.4. The smallest absolute Gasteiger partial charge is 0.260 e. The molecule has 2 heteroatoms. The lowest BCUT2D eigenvalue weighted by Gasteiger charge is -2.08. The van der Waals surface area contributed by atoms with Gasteiger partial charge in [0.2, 0.25) is 0 Å². The number of benzene rings is 4. The minimum atomic E-state index is 0.201. The lowest BCUT2D eigenvalue weighted by Crippen LogP contribution is -2.38. The number of hydrogen-bond donors (Lipinski definition) is 0. The lowest BCUT2D eigenvalue weighted by molar-refractivity contribution is 0.651. The lowest BCUT2D eigenvalue weighted by atomic mass is 9.43. The fourth-order valence-electron chi connectivity index (χ4n) is 4.94. The van der Waals surface area contributed by atoms with Gasteiger partial charge in [-0.3, -0.25) is 0 Å². The summed E-state index contributed by atoms with van der Waals surface area (Å²) in [6, 6.07) is 38.2. The second-order valence-electron chi connectivity index (χ2n) is 8.64. The normalized spacial score (nSPS) is 14.1. The quantitative estimate of drug-likeness (QED) is 0.290. The van der Waals surface area contributed by atoms with Crippen molar-refractivity contribution in [2.75, 3.05) is 0 Å². The molecule has 0 N–H and O–H groups in total. The van der Waals surface area contributed by atoms with Crippen molar-refractivity contribution in [1.82, 2.24) is 0 Å². The van der Waals surface area contributed by atoms with E-state index >= 15 is 0 Å². The summed E-state index contributed by atoms with van der Waals surface area (Å²) in [4.78, 5) is 0. The molecule has 0 radical (unpaired) electrons. The zero-order chi connectivity index (χ0) is 22.2. The van der Waals surface area contributed by atoms with E-state index in [-0.39, 0.29) is 6.71 Å². The van der Waals surface area contributed by atoms with E-state index in [1.165, 1.54) is 33.1 Å². The summed E-state index contributed by atoms with van der Waals surface area (Å²) >= 11 is 0. The van der Waals surface area contributed by atoms with Crippen molar-refractivity contribution in [3.8, 4) is 11.1 Å². The van der Waals surface area contributed by atoms with E-state index in [2.05, 4.69) is 110 Å². The first-order valence-electron chi connectivity index (χ1n) is 11.4. The third-order valence-corrected chi connectivity index (χ3v) is 6.60. The van der Waals surface area contributed by atoms with Gasteiger partial charge in [0.05, 0.1) is 5.66 Å². The molecule has 2 heterocycles. The van der Waals surface area contributed by atoms with Crippen LogP contribution in [0.15, 0.2) is 126 Å². The summed E-state index contributed by atoms with van der Waals surface area (Å²) in [6.45, 7) is 4.56. The van der Waals surface area contributed by atoms with Gasteiger partial charge in [-0.05, 0) is 40.2 Å². The highest BCUT2D eigenvalue weighted by Gasteiger charge is 2.36. The van der Waals surface area contributed by atoms with Crippen LogP contribution < -0.4 is 11.1 Å². The standard InChI is InChI=1S/C31H23BO/c1-22(23-10-4-2-5-11-23)20-26-21-32(31-30(26)28-14-8-9-15-29(28)33-31)27-18-16-25(17-19-27)24-12-6-3-7-13-24/h2-20H,1,21H2/b26-20+. The molecule has 0 bridgehead atoms. The van der Waals surface area contributed by atoms with E-state index in [0.717, 1.165) is 28.7 Å². The number of allylic oxidation sites excluding steroid dienone is 3. The van der Waals surface area contributed by atoms with Gasteiger partial charge in [-0.1, -0.05) is 121 Å². The molecule has 0 aliphatic carbocycles. The number of fused-ring (bicyclic) bond motifs is 3. The molecule has 33 heavy (non-hydrogen) atoms. The molecule has 0 fully saturated rings. The SMILES string of the molecule is C=C(/C=C1\CB(c2ccc(-c3ccccc3)cc2)c2oc3ccccc3c21)c1ccccc1. The van der Waals surface area contributed by atoms with Crippen molar-refractivity contribution in [3.63, 3.8) is 0 Å². The van der Waals surface area contributed by atoms with E-state index in [1.54, 1.807) is 0 Å². The van der Waals surface area contributed by atoms with Gasteiger partial charge in [0, 0.05) is 10.9 Å². The van der Waals surface area contributed by atoms with Gasteiger partial charge in [0.1, 0.15) is 5.58 Å². The summed E-state index contributed by atoms with van der Waals surface area (Å²) < 4.78 is 6.44. The van der Waals surface area contributed by atoms with Crippen LogP contribution in [-0.4, -0.2) is 6.71 Å². The molecule has 1 nitrogen and oxygen atoms in total. The fourth-order valence-corrected chi connectivity index (χ4v) is 4.94. The predicted molar refractivity (Wildman–Crippen MR) is 141 cm³/mol. The molecule has 5 aromatic rings. The van der Waals surface area contributed by atoms with Crippen LogP contribution in [0.3, 0.4) is 0 Å². The molecule has 0 saturated carbocycles. The van der Waals surface area contributed by atoms with E-state index in [9.17, 15) is 0 Å². The fraction of sp³-hybridized carbons (Fsp3) is 0.0323. The largest absolute Gasteiger partial charge is 0.470 e. The number of hydrogen-bond acceptors (Lipinski definition) is 1. The topological polar surface area (TPSA) is 13.1 Å². The van der Waals surface area contributed by atoms with Crippen LogP contribution in [0.1, 0.15) is 11.1 Å². The molecule has 1 aliphatic heterocycles. The summed E-state index contributed by atoms with van der Waals surface area (Å²) in [6.07, 6.45) is 3.16. The summed E-state index contributed by atoms with van der Waals surface area (Å²) in [7, 11) is 0. The van der Waals surface area contributed by atoms with Gasteiger partial charge in [-0.15, -0.1) is 0 Å². The van der Waals surface area contributed by atoms with Crippen LogP contribution in [0.25, 0.3) is 33.2 Å². The molecule has 0 saturated heterocycles. The minimum absolute atomic E-state index is 0.201. The Bertz CT molecular complexity index is 1480. The van der Waals surface area contributed by atoms with E-state index in [4.69, 9.17) is 4.42 Å². The molecule has 0 unspecified atom stereocenters. The Morgan fingerprint density at radius 3 is 2.12 bits per heavy atom. The van der Waals surface area contributed by atoms with Gasteiger partial charge < -0.3 is 4.42 Å². The highest BCUT2D eigenvalue weighted by atomic mass is 16.3. The maximum Gasteiger partial charge on any atom is 0.260 e. The Labute approximate surface area is 194 Å². The second-order valence-corrected chi connectivity index (χ2v) is 8.64. The molecule has 4 aromatic carbocycles. The van der Waals surface area contributed by atoms with Crippen LogP contribution >= 0.6 is 0 Å². The second kappa shape index (κ2) is 8.14. The van der Waals surface area contributed by atoms with Crippen molar-refractivity contribution in [2.45, 2.75) is 6.32 Å². The Balaban J connectivity index is 1.42. The van der Waals surface area contributed by atoms with E-state index in [0.29, 0.717) is 0 Å². The Kier molecular flexibility index (Phi) is 4.85. The average Bonchev–Trinajstić information content (AvgIpc) is 3.43. The first-order chi connectivity index (χ1) is 16.3. The third kappa shape index (κ3) is 3.54. The third-order valence-electron chi connectivity index (χ3n) is 6.60. The molecule has 156 valence electrons. The van der Waals surface area contributed by atoms with Crippen molar-refractivity contribution in [1.29, 1.82) is 0 Å². The summed E-state index contributed by atoms with van der Waals surface area (Å²) in [5.41, 5.74) is 10.5. The maximum atomic E-state index is 6.44. The van der Waals surface area contributed by atoms with Gasteiger partial charge in [0.25, 0.3) is 6.71 Å². The minimum Gasteiger partial charge on any atom is -0.470 e. The monoisotopic (exact) mass is 422 g/mol. The Hall–Kier alpha value is -4.04. The van der Waals surface area contributed by atoms with Crippen LogP contribution in [0.5, 0.6) is 0 Å². The van der Waals surface area contributed by atoms with E-state index < -0.39 is 0 Å². The molecule has 1 aromatic heterocycles. The first-order valence-corrected chi connectivity index (χ1v) is 11.4. The molecule has 1 aliphatic rings. The van der Waals surface area contributed by atoms with Gasteiger partial charge in [0.15, 0.2) is 0 Å². The van der Waals surface area contributed by atoms with Gasteiger partial charge in [-0.25, -0.2) is 0 Å². The highest BCUT2D eigenvalue weighted by molar-refractivity contribution is 6.88. The number of para-hydroxylation sites is 1. The Morgan fingerprint density at radius 2 is 1.36 bits per heavy atom. The van der Waals surface area contributed by atoms with Crippen LogP contribution in [0.2, 0.25) is 6.32 Å².